The van der Waals surface area contributed by atoms with Crippen LogP contribution in [0.4, 0.5) is 4.39 Å². The molecule has 0 saturated carbocycles. The predicted molar refractivity (Wildman–Crippen MR) is 127 cm³/mol. The standard InChI is InChI=1S/C24H28FN5O2S/c1-16(31)33-13-5-3-2-4-12-26-24(32)23-19-10-11-21-20(22(19)27-28-23)15-30(29-21)14-17-6-8-18(25)9-7-17/h6-9,15H,2-5,10-14H2,1H3,(H,26,32)(H,27,28). The second kappa shape index (κ2) is 10.8. The maximum Gasteiger partial charge on any atom is 0.269 e. The number of rotatable bonds is 10. The fourth-order valence-electron chi connectivity index (χ4n) is 4.05. The van der Waals surface area contributed by atoms with Crippen LogP contribution in [0.1, 0.15) is 59.9 Å². The monoisotopic (exact) mass is 469 g/mol. The van der Waals surface area contributed by atoms with Gasteiger partial charge in [-0.15, -0.1) is 0 Å². The lowest BCUT2D eigenvalue weighted by atomic mass is 9.94. The summed E-state index contributed by atoms with van der Waals surface area (Å²) in [4.78, 5) is 23.6. The summed E-state index contributed by atoms with van der Waals surface area (Å²) in [5, 5.41) is 15.2. The van der Waals surface area contributed by atoms with Crippen molar-refractivity contribution in [2.75, 3.05) is 12.3 Å². The molecule has 0 atom stereocenters. The number of hydrogen-bond acceptors (Lipinski definition) is 5. The van der Waals surface area contributed by atoms with Gasteiger partial charge in [-0.05, 0) is 43.4 Å². The van der Waals surface area contributed by atoms with Crippen LogP contribution in [0, 0.1) is 5.82 Å². The highest BCUT2D eigenvalue weighted by Crippen LogP contribution is 2.33. The van der Waals surface area contributed by atoms with E-state index in [1.54, 1.807) is 19.1 Å². The number of amides is 1. The van der Waals surface area contributed by atoms with E-state index >= 15 is 0 Å². The number of hydrogen-bond donors (Lipinski definition) is 2. The summed E-state index contributed by atoms with van der Waals surface area (Å²) in [6.07, 6.45) is 7.41. The summed E-state index contributed by atoms with van der Waals surface area (Å²) in [6.45, 7) is 2.76. The number of halogens is 1. The number of aromatic amines is 1. The van der Waals surface area contributed by atoms with Gasteiger partial charge in [-0.2, -0.15) is 10.2 Å². The summed E-state index contributed by atoms with van der Waals surface area (Å²) >= 11 is 1.37. The Morgan fingerprint density at radius 1 is 1.15 bits per heavy atom. The number of nitrogens with one attached hydrogen (secondary N) is 2. The van der Waals surface area contributed by atoms with E-state index in [-0.39, 0.29) is 16.8 Å². The number of unbranched alkanes of at least 4 members (excludes halogenated alkanes) is 3. The normalized spacial score (nSPS) is 12.3. The SMILES string of the molecule is CC(=O)SCCCCCCNC(=O)c1[nH]nc2c1CCc1nn(Cc3ccc(F)cc3)cc1-2. The molecule has 174 valence electrons. The van der Waals surface area contributed by atoms with E-state index in [0.717, 1.165) is 65.9 Å². The Bertz CT molecular complexity index is 1120. The van der Waals surface area contributed by atoms with Crippen molar-refractivity contribution in [1.29, 1.82) is 0 Å². The Balaban J connectivity index is 1.31. The third-order valence-electron chi connectivity index (χ3n) is 5.72. The van der Waals surface area contributed by atoms with Gasteiger partial charge in [0.1, 0.15) is 11.5 Å². The number of carbonyl (C=O) groups is 2. The number of H-pyrrole nitrogens is 1. The average molecular weight is 470 g/mol. The Kier molecular flexibility index (Phi) is 7.59. The first kappa shape index (κ1) is 23.2. The van der Waals surface area contributed by atoms with E-state index in [0.29, 0.717) is 25.2 Å². The van der Waals surface area contributed by atoms with Crippen LogP contribution < -0.4 is 5.32 Å². The van der Waals surface area contributed by atoms with Crippen molar-refractivity contribution in [2.24, 2.45) is 0 Å². The molecule has 0 spiro atoms. The summed E-state index contributed by atoms with van der Waals surface area (Å²) in [5.41, 5.74) is 5.12. The number of aromatic nitrogens is 4. The van der Waals surface area contributed by atoms with Gasteiger partial charge in [0.2, 0.25) is 0 Å². The second-order valence-corrected chi connectivity index (χ2v) is 9.52. The molecular weight excluding hydrogens is 441 g/mol. The van der Waals surface area contributed by atoms with Crippen LogP contribution in [0.3, 0.4) is 0 Å². The Morgan fingerprint density at radius 3 is 2.73 bits per heavy atom. The number of carbonyl (C=O) groups excluding carboxylic acids is 2. The zero-order valence-corrected chi connectivity index (χ0v) is 19.5. The van der Waals surface area contributed by atoms with Crippen molar-refractivity contribution in [1.82, 2.24) is 25.3 Å². The minimum Gasteiger partial charge on any atom is -0.351 e. The Hall–Kier alpha value is -2.94. The van der Waals surface area contributed by atoms with E-state index < -0.39 is 0 Å². The molecule has 0 radical (unpaired) electrons. The van der Waals surface area contributed by atoms with Gasteiger partial charge in [-0.3, -0.25) is 19.4 Å². The molecule has 2 aromatic heterocycles. The smallest absolute Gasteiger partial charge is 0.269 e. The quantitative estimate of drug-likeness (QED) is 0.436. The van der Waals surface area contributed by atoms with Crippen LogP contribution in [-0.2, 0) is 24.2 Å². The van der Waals surface area contributed by atoms with Gasteiger partial charge >= 0.3 is 0 Å². The molecule has 2 N–H and O–H groups in total. The summed E-state index contributed by atoms with van der Waals surface area (Å²) < 4.78 is 15.0. The lowest BCUT2D eigenvalue weighted by Gasteiger charge is -2.11. The van der Waals surface area contributed by atoms with E-state index in [2.05, 4.69) is 20.6 Å². The highest BCUT2D eigenvalue weighted by Gasteiger charge is 2.27. The summed E-state index contributed by atoms with van der Waals surface area (Å²) in [7, 11) is 0. The molecule has 3 aromatic rings. The molecule has 1 amide bonds. The number of fused-ring (bicyclic) bond motifs is 3. The molecule has 7 nitrogen and oxygen atoms in total. The number of benzene rings is 1. The maximum atomic E-state index is 13.2. The zero-order chi connectivity index (χ0) is 23.2. The zero-order valence-electron chi connectivity index (χ0n) is 18.7. The van der Waals surface area contributed by atoms with Crippen LogP contribution in [-0.4, -0.2) is 43.3 Å². The molecule has 33 heavy (non-hydrogen) atoms. The fraction of sp³-hybridized carbons (Fsp3) is 0.417. The van der Waals surface area contributed by atoms with Gasteiger partial charge in [0, 0.05) is 36.5 Å². The van der Waals surface area contributed by atoms with E-state index in [1.165, 1.54) is 23.9 Å². The van der Waals surface area contributed by atoms with Gasteiger partial charge < -0.3 is 5.32 Å². The molecule has 0 saturated heterocycles. The highest BCUT2D eigenvalue weighted by atomic mass is 32.2. The molecular formula is C24H28FN5O2S. The Morgan fingerprint density at radius 2 is 1.94 bits per heavy atom. The number of aryl methyl sites for hydroxylation is 1. The molecule has 0 fully saturated rings. The van der Waals surface area contributed by atoms with Crippen molar-refractivity contribution >= 4 is 22.8 Å². The van der Waals surface area contributed by atoms with Crippen molar-refractivity contribution in [3.05, 3.63) is 58.8 Å². The van der Waals surface area contributed by atoms with Crippen LogP contribution in [0.15, 0.2) is 30.5 Å². The second-order valence-electron chi connectivity index (χ2n) is 8.25. The average Bonchev–Trinajstić information content (AvgIpc) is 3.40. The predicted octanol–water partition coefficient (Wildman–Crippen LogP) is 4.13. The topological polar surface area (TPSA) is 92.7 Å². The molecule has 1 aromatic carbocycles. The van der Waals surface area contributed by atoms with Crippen molar-refractivity contribution in [3.63, 3.8) is 0 Å². The molecule has 1 aliphatic carbocycles. The van der Waals surface area contributed by atoms with Crippen molar-refractivity contribution < 1.29 is 14.0 Å². The molecule has 1 aliphatic rings. The molecule has 2 heterocycles. The Labute approximate surface area is 196 Å². The number of nitrogens with zero attached hydrogens (tertiary/aromatic N) is 3. The van der Waals surface area contributed by atoms with E-state index in [4.69, 9.17) is 0 Å². The van der Waals surface area contributed by atoms with Gasteiger partial charge in [0.25, 0.3) is 5.91 Å². The van der Waals surface area contributed by atoms with Crippen molar-refractivity contribution in [2.45, 2.75) is 52.0 Å². The lowest BCUT2D eigenvalue weighted by molar-refractivity contribution is -0.109. The van der Waals surface area contributed by atoms with E-state index in [9.17, 15) is 14.0 Å². The van der Waals surface area contributed by atoms with Crippen LogP contribution >= 0.6 is 11.8 Å². The van der Waals surface area contributed by atoms with Gasteiger partial charge in [0.05, 0.1) is 17.9 Å². The minimum atomic E-state index is -0.255. The van der Waals surface area contributed by atoms with Crippen LogP contribution in [0.5, 0.6) is 0 Å². The first-order chi connectivity index (χ1) is 16.0. The van der Waals surface area contributed by atoms with E-state index in [1.807, 2.05) is 10.9 Å². The van der Waals surface area contributed by atoms with Crippen molar-refractivity contribution in [3.8, 4) is 11.3 Å². The minimum absolute atomic E-state index is 0.127. The summed E-state index contributed by atoms with van der Waals surface area (Å²) in [6, 6.07) is 6.40. The van der Waals surface area contributed by atoms with Gasteiger partial charge in [-0.25, -0.2) is 4.39 Å². The first-order valence-electron chi connectivity index (χ1n) is 11.3. The lowest BCUT2D eigenvalue weighted by Crippen LogP contribution is -2.26. The maximum absolute atomic E-state index is 13.2. The third-order valence-corrected chi connectivity index (χ3v) is 6.62. The van der Waals surface area contributed by atoms with Gasteiger partial charge in [0.15, 0.2) is 5.12 Å². The van der Waals surface area contributed by atoms with Crippen LogP contribution in [0.25, 0.3) is 11.3 Å². The fourth-order valence-corrected chi connectivity index (χ4v) is 4.69. The first-order valence-corrected chi connectivity index (χ1v) is 12.3. The molecule has 0 bridgehead atoms. The number of thioether (sulfide) groups is 1. The summed E-state index contributed by atoms with van der Waals surface area (Å²) in [5.74, 6) is 0.483. The van der Waals surface area contributed by atoms with Gasteiger partial charge in [-0.1, -0.05) is 36.7 Å². The molecule has 0 unspecified atom stereocenters. The van der Waals surface area contributed by atoms with Crippen LogP contribution in [0.2, 0.25) is 0 Å². The molecule has 9 heteroatoms. The third kappa shape index (κ3) is 5.90. The largest absolute Gasteiger partial charge is 0.351 e. The molecule has 0 aliphatic heterocycles. The molecule has 4 rings (SSSR count). The highest BCUT2D eigenvalue weighted by molar-refractivity contribution is 8.13.